The standard InChI is InChI=1S/C14H22BrNO/c1-4-11(5-2)9-17-14-7-6-12(15)8-13(14)10(3)16/h6-8,10-11H,4-5,9,16H2,1-3H3/t10-/m0/s1. The lowest BCUT2D eigenvalue weighted by molar-refractivity contribution is 0.238. The molecule has 0 bridgehead atoms. The number of hydrogen-bond donors (Lipinski definition) is 1. The lowest BCUT2D eigenvalue weighted by Crippen LogP contribution is -2.13. The summed E-state index contributed by atoms with van der Waals surface area (Å²) < 4.78 is 6.94. The number of ether oxygens (including phenoxy) is 1. The fourth-order valence-electron chi connectivity index (χ4n) is 1.74. The second-order valence-corrected chi connectivity index (χ2v) is 5.38. The lowest BCUT2D eigenvalue weighted by atomic mass is 10.0. The third-order valence-corrected chi connectivity index (χ3v) is 3.58. The second kappa shape index (κ2) is 7.02. The van der Waals surface area contributed by atoms with Crippen molar-refractivity contribution in [3.63, 3.8) is 0 Å². The predicted octanol–water partition coefficient (Wildman–Crippen LogP) is 4.28. The summed E-state index contributed by atoms with van der Waals surface area (Å²) in [5.74, 6) is 1.54. The van der Waals surface area contributed by atoms with Crippen LogP contribution in [-0.4, -0.2) is 6.61 Å². The maximum Gasteiger partial charge on any atom is 0.124 e. The number of nitrogens with two attached hydrogens (primary N) is 1. The highest BCUT2D eigenvalue weighted by Crippen LogP contribution is 2.28. The Bertz CT molecular complexity index is 348. The molecule has 2 nitrogen and oxygen atoms in total. The molecule has 96 valence electrons. The van der Waals surface area contributed by atoms with Crippen molar-refractivity contribution in [3.8, 4) is 5.75 Å². The quantitative estimate of drug-likeness (QED) is 0.851. The first-order valence-electron chi connectivity index (χ1n) is 6.26. The average Bonchev–Trinajstić information content (AvgIpc) is 2.31. The summed E-state index contributed by atoms with van der Waals surface area (Å²) in [6, 6.07) is 6.01. The molecule has 0 aliphatic carbocycles. The van der Waals surface area contributed by atoms with Crippen LogP contribution in [0.2, 0.25) is 0 Å². The van der Waals surface area contributed by atoms with Crippen LogP contribution in [0.25, 0.3) is 0 Å². The van der Waals surface area contributed by atoms with Crippen molar-refractivity contribution in [1.29, 1.82) is 0 Å². The molecule has 1 aromatic carbocycles. The Morgan fingerprint density at radius 1 is 1.29 bits per heavy atom. The van der Waals surface area contributed by atoms with E-state index in [-0.39, 0.29) is 6.04 Å². The van der Waals surface area contributed by atoms with Crippen molar-refractivity contribution in [2.75, 3.05) is 6.61 Å². The minimum absolute atomic E-state index is 0.01000. The van der Waals surface area contributed by atoms with Crippen LogP contribution in [0.5, 0.6) is 5.75 Å². The van der Waals surface area contributed by atoms with Crippen LogP contribution in [-0.2, 0) is 0 Å². The molecule has 2 N–H and O–H groups in total. The maximum absolute atomic E-state index is 5.95. The van der Waals surface area contributed by atoms with Crippen molar-refractivity contribution < 1.29 is 4.74 Å². The van der Waals surface area contributed by atoms with Crippen LogP contribution in [0.4, 0.5) is 0 Å². The highest BCUT2D eigenvalue weighted by Gasteiger charge is 2.11. The molecular formula is C14H22BrNO. The summed E-state index contributed by atoms with van der Waals surface area (Å²) in [4.78, 5) is 0. The van der Waals surface area contributed by atoms with E-state index in [1.807, 2.05) is 25.1 Å². The smallest absolute Gasteiger partial charge is 0.124 e. The van der Waals surface area contributed by atoms with Gasteiger partial charge in [0.05, 0.1) is 6.61 Å². The second-order valence-electron chi connectivity index (χ2n) is 4.46. The highest BCUT2D eigenvalue weighted by atomic mass is 79.9. The van der Waals surface area contributed by atoms with Gasteiger partial charge in [0.25, 0.3) is 0 Å². The number of rotatable bonds is 6. The summed E-state index contributed by atoms with van der Waals surface area (Å²) in [7, 11) is 0. The molecule has 0 heterocycles. The fourth-order valence-corrected chi connectivity index (χ4v) is 2.12. The molecule has 0 radical (unpaired) electrons. The van der Waals surface area contributed by atoms with Gasteiger partial charge >= 0.3 is 0 Å². The number of halogens is 1. The van der Waals surface area contributed by atoms with Crippen molar-refractivity contribution >= 4 is 15.9 Å². The van der Waals surface area contributed by atoms with Gasteiger partial charge in [-0.3, -0.25) is 0 Å². The van der Waals surface area contributed by atoms with Gasteiger partial charge in [0.2, 0.25) is 0 Å². The molecule has 1 rings (SSSR count). The highest BCUT2D eigenvalue weighted by molar-refractivity contribution is 9.10. The monoisotopic (exact) mass is 299 g/mol. The molecule has 0 saturated carbocycles. The summed E-state index contributed by atoms with van der Waals surface area (Å²) in [5, 5.41) is 0. The van der Waals surface area contributed by atoms with Gasteiger partial charge in [-0.1, -0.05) is 42.6 Å². The molecule has 0 unspecified atom stereocenters. The molecule has 0 aromatic heterocycles. The number of hydrogen-bond acceptors (Lipinski definition) is 2. The zero-order chi connectivity index (χ0) is 12.8. The Morgan fingerprint density at radius 2 is 1.94 bits per heavy atom. The zero-order valence-electron chi connectivity index (χ0n) is 10.9. The first-order chi connectivity index (χ1) is 8.08. The summed E-state index contributed by atoms with van der Waals surface area (Å²) in [6.45, 7) is 7.15. The van der Waals surface area contributed by atoms with Gasteiger partial charge in [-0.15, -0.1) is 0 Å². The summed E-state index contributed by atoms with van der Waals surface area (Å²) >= 11 is 3.46. The Morgan fingerprint density at radius 3 is 2.47 bits per heavy atom. The molecule has 1 atom stereocenters. The predicted molar refractivity (Wildman–Crippen MR) is 76.3 cm³/mol. The van der Waals surface area contributed by atoms with E-state index < -0.39 is 0 Å². The molecule has 0 aliphatic heterocycles. The van der Waals surface area contributed by atoms with Gasteiger partial charge in [0.1, 0.15) is 5.75 Å². The third kappa shape index (κ3) is 4.32. The average molecular weight is 300 g/mol. The topological polar surface area (TPSA) is 35.2 Å². The Balaban J connectivity index is 2.76. The van der Waals surface area contributed by atoms with E-state index in [1.54, 1.807) is 0 Å². The van der Waals surface area contributed by atoms with E-state index in [0.717, 1.165) is 35.2 Å². The van der Waals surface area contributed by atoms with E-state index >= 15 is 0 Å². The van der Waals surface area contributed by atoms with E-state index in [0.29, 0.717) is 5.92 Å². The third-order valence-electron chi connectivity index (χ3n) is 3.09. The molecule has 0 aliphatic rings. The number of benzene rings is 1. The molecule has 3 heteroatoms. The lowest BCUT2D eigenvalue weighted by Gasteiger charge is -2.18. The van der Waals surface area contributed by atoms with Gasteiger partial charge in [-0.05, 0) is 31.0 Å². The minimum atomic E-state index is -0.01000. The van der Waals surface area contributed by atoms with E-state index in [9.17, 15) is 0 Å². The van der Waals surface area contributed by atoms with Crippen molar-refractivity contribution in [3.05, 3.63) is 28.2 Å². The fraction of sp³-hybridized carbons (Fsp3) is 0.571. The molecule has 0 spiro atoms. The van der Waals surface area contributed by atoms with Crippen LogP contribution in [0.15, 0.2) is 22.7 Å². The molecule has 0 fully saturated rings. The molecule has 0 saturated heterocycles. The van der Waals surface area contributed by atoms with E-state index in [1.165, 1.54) is 0 Å². The van der Waals surface area contributed by atoms with Crippen LogP contribution in [0.3, 0.4) is 0 Å². The largest absolute Gasteiger partial charge is 0.493 e. The van der Waals surface area contributed by atoms with Crippen molar-refractivity contribution in [2.45, 2.75) is 39.7 Å². The SMILES string of the molecule is CCC(CC)COc1ccc(Br)cc1[C@H](C)N. The first-order valence-corrected chi connectivity index (χ1v) is 7.05. The van der Waals surface area contributed by atoms with Crippen LogP contribution >= 0.6 is 15.9 Å². The van der Waals surface area contributed by atoms with Gasteiger partial charge in [0, 0.05) is 16.1 Å². The normalized spacial score (nSPS) is 12.8. The van der Waals surface area contributed by atoms with Crippen LogP contribution < -0.4 is 10.5 Å². The van der Waals surface area contributed by atoms with Crippen LogP contribution in [0, 0.1) is 5.92 Å². The van der Waals surface area contributed by atoms with E-state index in [2.05, 4.69) is 29.8 Å². The van der Waals surface area contributed by atoms with Gasteiger partial charge in [-0.25, -0.2) is 0 Å². The Labute approximate surface area is 113 Å². The summed E-state index contributed by atoms with van der Waals surface area (Å²) in [5.41, 5.74) is 7.01. The zero-order valence-corrected chi connectivity index (χ0v) is 12.5. The van der Waals surface area contributed by atoms with Crippen molar-refractivity contribution in [1.82, 2.24) is 0 Å². The molecule has 17 heavy (non-hydrogen) atoms. The first kappa shape index (κ1) is 14.5. The van der Waals surface area contributed by atoms with Crippen LogP contribution in [0.1, 0.15) is 45.2 Å². The maximum atomic E-state index is 5.95. The minimum Gasteiger partial charge on any atom is -0.493 e. The molecule has 0 amide bonds. The summed E-state index contributed by atoms with van der Waals surface area (Å²) in [6.07, 6.45) is 2.31. The van der Waals surface area contributed by atoms with E-state index in [4.69, 9.17) is 10.5 Å². The van der Waals surface area contributed by atoms with Gasteiger partial charge in [0.15, 0.2) is 0 Å². The Hall–Kier alpha value is -0.540. The Kier molecular flexibility index (Phi) is 6.00. The van der Waals surface area contributed by atoms with Gasteiger partial charge < -0.3 is 10.5 Å². The molecule has 1 aromatic rings. The molecular weight excluding hydrogens is 278 g/mol. The van der Waals surface area contributed by atoms with Gasteiger partial charge in [-0.2, -0.15) is 0 Å². The van der Waals surface area contributed by atoms with Crippen molar-refractivity contribution in [2.24, 2.45) is 11.7 Å².